The minimum atomic E-state index is -0.975. The number of carbonyl (C=O) groups is 1. The van der Waals surface area contributed by atoms with Crippen LogP contribution in [0.1, 0.15) is 36.2 Å². The van der Waals surface area contributed by atoms with Gasteiger partial charge in [0.1, 0.15) is 11.5 Å². The molecule has 1 fully saturated rings. The summed E-state index contributed by atoms with van der Waals surface area (Å²) in [7, 11) is 0. The van der Waals surface area contributed by atoms with Crippen LogP contribution in [0.15, 0.2) is 6.07 Å². The summed E-state index contributed by atoms with van der Waals surface area (Å²) in [5.41, 5.74) is 0.130. The molecule has 0 aliphatic heterocycles. The maximum absolute atomic E-state index is 10.6. The van der Waals surface area contributed by atoms with Crippen LogP contribution >= 0.6 is 0 Å². The molecular formula is C9H13N3O2. The van der Waals surface area contributed by atoms with Crippen molar-refractivity contribution in [3.8, 4) is 0 Å². The topological polar surface area (TPSA) is 78.0 Å². The zero-order chi connectivity index (χ0) is 9.97. The highest BCUT2D eigenvalue weighted by Crippen LogP contribution is 2.21. The van der Waals surface area contributed by atoms with Crippen LogP contribution in [0.4, 0.5) is 5.82 Å². The Hall–Kier alpha value is -1.52. The predicted molar refractivity (Wildman–Crippen MR) is 51.4 cm³/mol. The maximum atomic E-state index is 10.6. The smallest absolute Gasteiger partial charge is 0.353 e. The first-order chi connectivity index (χ1) is 6.75. The van der Waals surface area contributed by atoms with E-state index in [1.165, 1.54) is 18.9 Å². The average Bonchev–Trinajstić information content (AvgIpc) is 2.75. The number of aromatic amines is 1. The fourth-order valence-corrected chi connectivity index (χ4v) is 1.78. The number of hydrogen-bond donors (Lipinski definition) is 3. The molecule has 1 aliphatic rings. The number of anilines is 1. The molecule has 0 saturated heterocycles. The van der Waals surface area contributed by atoms with Gasteiger partial charge in [0.05, 0.1) is 0 Å². The summed E-state index contributed by atoms with van der Waals surface area (Å²) in [6.45, 7) is 0. The van der Waals surface area contributed by atoms with E-state index < -0.39 is 5.97 Å². The largest absolute Gasteiger partial charge is 0.477 e. The van der Waals surface area contributed by atoms with Crippen molar-refractivity contribution in [2.24, 2.45) is 0 Å². The maximum Gasteiger partial charge on any atom is 0.353 e. The molecular weight excluding hydrogens is 182 g/mol. The lowest BCUT2D eigenvalue weighted by molar-refractivity contribution is 0.0690. The molecule has 0 spiro atoms. The quantitative estimate of drug-likeness (QED) is 0.682. The third kappa shape index (κ3) is 1.86. The number of aromatic nitrogens is 2. The first-order valence-electron chi connectivity index (χ1n) is 4.81. The molecule has 0 unspecified atom stereocenters. The number of carboxylic acids is 1. The summed E-state index contributed by atoms with van der Waals surface area (Å²) in [5, 5.41) is 18.2. The van der Waals surface area contributed by atoms with E-state index in [0.717, 1.165) is 12.8 Å². The van der Waals surface area contributed by atoms with E-state index in [0.29, 0.717) is 11.9 Å². The summed E-state index contributed by atoms with van der Waals surface area (Å²) in [6, 6.07) is 1.99. The summed E-state index contributed by atoms with van der Waals surface area (Å²) in [4.78, 5) is 10.6. The Labute approximate surface area is 81.5 Å². The standard InChI is InChI=1S/C9H13N3O2/c13-9(14)7-5-8(12-11-7)10-6-3-1-2-4-6/h5-6H,1-4H2,(H,13,14)(H2,10,11,12). The minimum Gasteiger partial charge on any atom is -0.477 e. The van der Waals surface area contributed by atoms with Gasteiger partial charge in [0, 0.05) is 12.1 Å². The first kappa shape index (κ1) is 9.05. The second-order valence-electron chi connectivity index (χ2n) is 3.60. The third-order valence-corrected chi connectivity index (χ3v) is 2.52. The fourth-order valence-electron chi connectivity index (χ4n) is 1.78. The number of nitrogens with one attached hydrogen (secondary N) is 2. The van der Waals surface area contributed by atoms with Crippen molar-refractivity contribution in [2.45, 2.75) is 31.7 Å². The summed E-state index contributed by atoms with van der Waals surface area (Å²) in [5.74, 6) is -0.341. The number of hydrogen-bond acceptors (Lipinski definition) is 3. The van der Waals surface area contributed by atoms with Crippen molar-refractivity contribution in [1.82, 2.24) is 10.2 Å². The minimum absolute atomic E-state index is 0.130. The number of rotatable bonds is 3. The molecule has 0 atom stereocenters. The van der Waals surface area contributed by atoms with Crippen molar-refractivity contribution in [3.05, 3.63) is 11.8 Å². The second-order valence-corrected chi connectivity index (χ2v) is 3.60. The lowest BCUT2D eigenvalue weighted by Crippen LogP contribution is -2.14. The Bertz CT molecular complexity index is 329. The highest BCUT2D eigenvalue weighted by atomic mass is 16.4. The van der Waals surface area contributed by atoms with E-state index in [1.54, 1.807) is 0 Å². The van der Waals surface area contributed by atoms with Gasteiger partial charge in [-0.3, -0.25) is 5.10 Å². The molecule has 2 rings (SSSR count). The van der Waals surface area contributed by atoms with Crippen molar-refractivity contribution < 1.29 is 9.90 Å². The molecule has 5 heteroatoms. The zero-order valence-electron chi connectivity index (χ0n) is 7.79. The average molecular weight is 195 g/mol. The van der Waals surface area contributed by atoms with Crippen LogP contribution in [-0.4, -0.2) is 27.3 Å². The van der Waals surface area contributed by atoms with Gasteiger partial charge in [-0.15, -0.1) is 0 Å². The summed E-state index contributed by atoms with van der Waals surface area (Å²) >= 11 is 0. The molecule has 14 heavy (non-hydrogen) atoms. The molecule has 5 nitrogen and oxygen atoms in total. The highest BCUT2D eigenvalue weighted by molar-refractivity contribution is 5.86. The molecule has 1 aliphatic carbocycles. The number of aromatic carboxylic acids is 1. The Morgan fingerprint density at radius 1 is 1.57 bits per heavy atom. The van der Waals surface area contributed by atoms with Gasteiger partial charge in [0.25, 0.3) is 0 Å². The molecule has 0 aromatic carbocycles. The Balaban J connectivity index is 1.98. The van der Waals surface area contributed by atoms with Gasteiger partial charge in [-0.2, -0.15) is 5.10 Å². The van der Waals surface area contributed by atoms with Gasteiger partial charge in [-0.05, 0) is 12.8 Å². The number of carboxylic acid groups (broad SMARTS) is 1. The zero-order valence-corrected chi connectivity index (χ0v) is 7.79. The number of nitrogens with zero attached hydrogens (tertiary/aromatic N) is 1. The van der Waals surface area contributed by atoms with Crippen molar-refractivity contribution in [2.75, 3.05) is 5.32 Å². The van der Waals surface area contributed by atoms with Gasteiger partial charge >= 0.3 is 5.97 Å². The van der Waals surface area contributed by atoms with Gasteiger partial charge in [-0.25, -0.2) is 4.79 Å². The summed E-state index contributed by atoms with van der Waals surface area (Å²) in [6.07, 6.45) is 4.78. The Morgan fingerprint density at radius 3 is 2.86 bits per heavy atom. The molecule has 1 heterocycles. The predicted octanol–water partition coefficient (Wildman–Crippen LogP) is 1.46. The highest BCUT2D eigenvalue weighted by Gasteiger charge is 2.16. The van der Waals surface area contributed by atoms with E-state index >= 15 is 0 Å². The van der Waals surface area contributed by atoms with Crippen LogP contribution in [0.3, 0.4) is 0 Å². The molecule has 0 radical (unpaired) electrons. The molecule has 0 bridgehead atoms. The lowest BCUT2D eigenvalue weighted by atomic mass is 10.2. The molecule has 1 aromatic rings. The van der Waals surface area contributed by atoms with Crippen LogP contribution in [0, 0.1) is 0 Å². The van der Waals surface area contributed by atoms with E-state index in [2.05, 4.69) is 15.5 Å². The van der Waals surface area contributed by atoms with Crippen molar-refractivity contribution in [3.63, 3.8) is 0 Å². The van der Waals surface area contributed by atoms with Gasteiger partial charge in [0.15, 0.2) is 0 Å². The fraction of sp³-hybridized carbons (Fsp3) is 0.556. The normalized spacial score (nSPS) is 17.1. The molecule has 3 N–H and O–H groups in total. The molecule has 76 valence electrons. The van der Waals surface area contributed by atoms with Crippen LogP contribution in [-0.2, 0) is 0 Å². The monoisotopic (exact) mass is 195 g/mol. The summed E-state index contributed by atoms with van der Waals surface area (Å²) < 4.78 is 0. The molecule has 0 amide bonds. The Morgan fingerprint density at radius 2 is 2.29 bits per heavy atom. The van der Waals surface area contributed by atoms with Gasteiger partial charge in [0.2, 0.25) is 0 Å². The van der Waals surface area contributed by atoms with Crippen molar-refractivity contribution >= 4 is 11.8 Å². The van der Waals surface area contributed by atoms with Crippen molar-refractivity contribution in [1.29, 1.82) is 0 Å². The van der Waals surface area contributed by atoms with E-state index in [-0.39, 0.29) is 5.69 Å². The van der Waals surface area contributed by atoms with Gasteiger partial charge < -0.3 is 10.4 Å². The van der Waals surface area contributed by atoms with E-state index in [4.69, 9.17) is 5.11 Å². The Kier molecular flexibility index (Phi) is 2.39. The first-order valence-corrected chi connectivity index (χ1v) is 4.81. The third-order valence-electron chi connectivity index (χ3n) is 2.52. The van der Waals surface area contributed by atoms with Crippen LogP contribution in [0.2, 0.25) is 0 Å². The molecule has 1 aromatic heterocycles. The van der Waals surface area contributed by atoms with E-state index in [9.17, 15) is 4.79 Å². The second kappa shape index (κ2) is 3.69. The SMILES string of the molecule is O=C(O)c1cc(NC2CCCC2)n[nH]1. The van der Waals surface area contributed by atoms with Crippen LogP contribution in [0.5, 0.6) is 0 Å². The molecule has 1 saturated carbocycles. The lowest BCUT2D eigenvalue weighted by Gasteiger charge is -2.09. The van der Waals surface area contributed by atoms with Crippen LogP contribution in [0.25, 0.3) is 0 Å². The number of H-pyrrole nitrogens is 1. The van der Waals surface area contributed by atoms with Gasteiger partial charge in [-0.1, -0.05) is 12.8 Å². The van der Waals surface area contributed by atoms with E-state index in [1.807, 2.05) is 0 Å². The van der Waals surface area contributed by atoms with Crippen LogP contribution < -0.4 is 5.32 Å².